The molecule has 0 atom stereocenters. The summed E-state index contributed by atoms with van der Waals surface area (Å²) in [5, 5.41) is 2.32. The van der Waals surface area contributed by atoms with Crippen LogP contribution in [0.15, 0.2) is 23.3 Å². The van der Waals surface area contributed by atoms with Crippen LogP contribution in [0.3, 0.4) is 0 Å². The molecule has 0 saturated heterocycles. The van der Waals surface area contributed by atoms with Gasteiger partial charge in [-0.05, 0) is 6.07 Å². The molecular weight excluding hydrogens is 149 g/mol. The summed E-state index contributed by atoms with van der Waals surface area (Å²) in [5.41, 5.74) is -0.224. The van der Waals surface area contributed by atoms with Gasteiger partial charge in [-0.1, -0.05) is 0 Å². The molecule has 0 spiro atoms. The number of hydrogen-bond acceptors (Lipinski definition) is 2. The second-order valence-electron chi connectivity index (χ2n) is 2.09. The molecule has 0 amide bonds. The van der Waals surface area contributed by atoms with E-state index in [2.05, 4.69) is 10.1 Å². The van der Waals surface area contributed by atoms with Gasteiger partial charge in [0.2, 0.25) is 0 Å². The van der Waals surface area contributed by atoms with Crippen LogP contribution in [-0.2, 0) is 0 Å². The zero-order valence-electron chi connectivity index (χ0n) is 5.41. The van der Waals surface area contributed by atoms with Crippen molar-refractivity contribution < 1.29 is 4.39 Å². The Balaban J connectivity index is 2.96. The molecule has 0 aliphatic heterocycles. The summed E-state index contributed by atoms with van der Waals surface area (Å²) in [7, 11) is 0. The van der Waals surface area contributed by atoms with Crippen molar-refractivity contribution in [2.24, 2.45) is 0 Å². The largest absolute Gasteiger partial charge is 0.360 e. The van der Waals surface area contributed by atoms with Crippen LogP contribution in [0.5, 0.6) is 0 Å². The van der Waals surface area contributed by atoms with Crippen LogP contribution in [0.4, 0.5) is 4.39 Å². The minimum atomic E-state index is -0.492. The molecule has 11 heavy (non-hydrogen) atoms. The Morgan fingerprint density at radius 2 is 2.45 bits per heavy atom. The highest BCUT2D eigenvalue weighted by atomic mass is 19.1. The lowest BCUT2D eigenvalue weighted by molar-refractivity contribution is 0.637. The highest BCUT2D eigenvalue weighted by Crippen LogP contribution is 2.04. The Bertz CT molecular complexity index is 444. The molecule has 1 N–H and O–H groups in total. The first-order chi connectivity index (χ1) is 5.27. The molecule has 2 aromatic heterocycles. The average Bonchev–Trinajstić information content (AvgIpc) is 2.32. The van der Waals surface area contributed by atoms with Crippen molar-refractivity contribution in [3.8, 4) is 0 Å². The van der Waals surface area contributed by atoms with E-state index in [1.165, 1.54) is 23.0 Å². The summed E-state index contributed by atoms with van der Waals surface area (Å²) in [5.74, 6) is -0.395. The third-order valence-electron chi connectivity index (χ3n) is 1.39. The molecule has 0 aliphatic rings. The average molecular weight is 153 g/mol. The van der Waals surface area contributed by atoms with E-state index in [1.807, 2.05) is 0 Å². The van der Waals surface area contributed by atoms with Crippen LogP contribution in [0.1, 0.15) is 0 Å². The molecule has 0 bridgehead atoms. The quantitative estimate of drug-likeness (QED) is 0.586. The summed E-state index contributed by atoms with van der Waals surface area (Å²) in [6.45, 7) is 0. The van der Waals surface area contributed by atoms with Crippen LogP contribution < -0.4 is 5.69 Å². The van der Waals surface area contributed by atoms with Crippen LogP contribution in [0.25, 0.3) is 5.52 Å². The number of rotatable bonds is 0. The Morgan fingerprint density at radius 1 is 1.64 bits per heavy atom. The Labute approximate surface area is 60.3 Å². The molecule has 2 heterocycles. The van der Waals surface area contributed by atoms with Crippen molar-refractivity contribution in [1.29, 1.82) is 0 Å². The molecule has 56 valence electrons. The third kappa shape index (κ3) is 0.813. The standard InChI is InChI=1S/C6H4FN3O/c7-4-1-2-10-5(4)3-8-6(11)9-10/h1-3H,(H,9,11). The number of aromatic amines is 1. The lowest BCUT2D eigenvalue weighted by Gasteiger charge is -1.89. The highest BCUT2D eigenvalue weighted by molar-refractivity contribution is 5.44. The van der Waals surface area contributed by atoms with Crippen molar-refractivity contribution in [2.45, 2.75) is 0 Å². The Kier molecular flexibility index (Phi) is 1.06. The van der Waals surface area contributed by atoms with E-state index in [0.717, 1.165) is 0 Å². The van der Waals surface area contributed by atoms with Gasteiger partial charge in [-0.25, -0.2) is 14.3 Å². The maximum Gasteiger partial charge on any atom is 0.360 e. The zero-order valence-corrected chi connectivity index (χ0v) is 5.41. The van der Waals surface area contributed by atoms with Gasteiger partial charge in [0.1, 0.15) is 5.52 Å². The smallest absolute Gasteiger partial charge is 0.255 e. The van der Waals surface area contributed by atoms with Gasteiger partial charge in [-0.3, -0.25) is 4.52 Å². The maximum absolute atomic E-state index is 12.7. The van der Waals surface area contributed by atoms with Crippen LogP contribution in [0, 0.1) is 5.82 Å². The molecule has 0 saturated carbocycles. The van der Waals surface area contributed by atoms with E-state index in [1.54, 1.807) is 0 Å². The fourth-order valence-corrected chi connectivity index (χ4v) is 0.894. The topological polar surface area (TPSA) is 50.2 Å². The summed E-state index contributed by atoms with van der Waals surface area (Å²) < 4.78 is 14.0. The SMILES string of the molecule is O=c1ncc2c(F)ccn2[nH]1. The molecule has 4 nitrogen and oxygen atoms in total. The van der Waals surface area contributed by atoms with E-state index in [-0.39, 0.29) is 5.52 Å². The maximum atomic E-state index is 12.7. The Morgan fingerprint density at radius 3 is 3.27 bits per heavy atom. The minimum Gasteiger partial charge on any atom is -0.255 e. The van der Waals surface area contributed by atoms with Crippen molar-refractivity contribution in [3.05, 3.63) is 34.8 Å². The van der Waals surface area contributed by atoms with E-state index in [0.29, 0.717) is 0 Å². The van der Waals surface area contributed by atoms with Crippen LogP contribution in [-0.4, -0.2) is 14.6 Å². The van der Waals surface area contributed by atoms with E-state index in [9.17, 15) is 9.18 Å². The second-order valence-corrected chi connectivity index (χ2v) is 2.09. The molecule has 0 radical (unpaired) electrons. The molecule has 0 aliphatic carbocycles. The minimum absolute atomic E-state index is 0.268. The van der Waals surface area contributed by atoms with Gasteiger partial charge < -0.3 is 0 Å². The molecule has 0 fully saturated rings. The Hall–Kier alpha value is -1.65. The van der Waals surface area contributed by atoms with Crippen molar-refractivity contribution in [2.75, 3.05) is 0 Å². The fraction of sp³-hybridized carbons (Fsp3) is 0. The van der Waals surface area contributed by atoms with Crippen LogP contribution in [0.2, 0.25) is 0 Å². The molecule has 0 unspecified atom stereocenters. The van der Waals surface area contributed by atoms with Gasteiger partial charge in [-0.2, -0.15) is 4.98 Å². The lowest BCUT2D eigenvalue weighted by Crippen LogP contribution is -2.13. The molecule has 5 heteroatoms. The van der Waals surface area contributed by atoms with Gasteiger partial charge in [0.15, 0.2) is 5.82 Å². The molecule has 0 aromatic carbocycles. The van der Waals surface area contributed by atoms with Crippen molar-refractivity contribution >= 4 is 5.52 Å². The number of halogens is 1. The summed E-state index contributed by atoms with van der Waals surface area (Å²) in [4.78, 5) is 14.0. The lowest BCUT2D eigenvalue weighted by atomic mass is 10.5. The van der Waals surface area contributed by atoms with Gasteiger partial charge in [0, 0.05) is 6.20 Å². The number of H-pyrrole nitrogens is 1. The third-order valence-corrected chi connectivity index (χ3v) is 1.39. The van der Waals surface area contributed by atoms with Gasteiger partial charge >= 0.3 is 5.69 Å². The summed E-state index contributed by atoms with van der Waals surface area (Å²) in [6, 6.07) is 1.26. The normalized spacial score (nSPS) is 10.6. The first kappa shape index (κ1) is 6.09. The number of nitrogens with zero attached hydrogens (tertiary/aromatic N) is 2. The van der Waals surface area contributed by atoms with Crippen LogP contribution >= 0.6 is 0 Å². The van der Waals surface area contributed by atoms with E-state index in [4.69, 9.17) is 0 Å². The van der Waals surface area contributed by atoms with Gasteiger partial charge in [-0.15, -0.1) is 0 Å². The highest BCUT2D eigenvalue weighted by Gasteiger charge is 1.99. The zero-order chi connectivity index (χ0) is 7.84. The molecule has 2 aromatic rings. The monoisotopic (exact) mass is 153 g/mol. The van der Waals surface area contributed by atoms with E-state index < -0.39 is 11.5 Å². The summed E-state index contributed by atoms with van der Waals surface area (Å²) in [6.07, 6.45) is 2.61. The number of fused-ring (bicyclic) bond motifs is 1. The predicted molar refractivity (Wildman–Crippen MR) is 35.8 cm³/mol. The number of aromatic nitrogens is 3. The molecular formula is C6H4FN3O. The van der Waals surface area contributed by atoms with E-state index >= 15 is 0 Å². The fourth-order valence-electron chi connectivity index (χ4n) is 0.894. The number of hydrogen-bond donors (Lipinski definition) is 1. The van der Waals surface area contributed by atoms with Crippen molar-refractivity contribution in [3.63, 3.8) is 0 Å². The second kappa shape index (κ2) is 1.91. The van der Waals surface area contributed by atoms with Crippen molar-refractivity contribution in [1.82, 2.24) is 14.6 Å². The molecule has 2 rings (SSSR count). The predicted octanol–water partition coefficient (Wildman–Crippen LogP) is 0.162. The number of nitrogens with one attached hydrogen (secondary N) is 1. The summed E-state index contributed by atoms with van der Waals surface area (Å²) >= 11 is 0. The first-order valence-electron chi connectivity index (χ1n) is 2.99. The van der Waals surface area contributed by atoms with Gasteiger partial charge in [0.25, 0.3) is 0 Å². The van der Waals surface area contributed by atoms with Gasteiger partial charge in [0.05, 0.1) is 6.20 Å². The first-order valence-corrected chi connectivity index (χ1v) is 2.99.